The second-order valence-corrected chi connectivity index (χ2v) is 3.08. The van der Waals surface area contributed by atoms with E-state index in [-0.39, 0.29) is 23.6 Å². The average Bonchev–Trinajstić information content (AvgIpc) is 2.56. The Morgan fingerprint density at radius 3 is 3.00 bits per heavy atom. The van der Waals surface area contributed by atoms with Crippen molar-refractivity contribution in [3.05, 3.63) is 30.1 Å². The highest BCUT2D eigenvalue weighted by Crippen LogP contribution is 2.20. The molecule has 0 fully saturated rings. The molecule has 1 rings (SSSR count). The van der Waals surface area contributed by atoms with Gasteiger partial charge in [-0.05, 0) is 6.92 Å². The van der Waals surface area contributed by atoms with Crippen molar-refractivity contribution in [2.75, 3.05) is 12.3 Å². The van der Waals surface area contributed by atoms with Crippen LogP contribution in [0, 0.1) is 11.3 Å². The van der Waals surface area contributed by atoms with Gasteiger partial charge >= 0.3 is 5.97 Å². The van der Waals surface area contributed by atoms with Crippen LogP contribution >= 0.6 is 0 Å². The second-order valence-electron chi connectivity index (χ2n) is 3.08. The fourth-order valence-electron chi connectivity index (χ4n) is 1.37. The molecule has 5 nitrogen and oxygen atoms in total. The first kappa shape index (κ1) is 11.9. The molecule has 0 spiro atoms. The maximum Gasteiger partial charge on any atom is 0.357 e. The molecule has 0 amide bonds. The lowest BCUT2D eigenvalue weighted by Crippen LogP contribution is -2.13. The molecule has 0 aliphatic rings. The minimum atomic E-state index is -0.525. The smallest absolute Gasteiger partial charge is 0.357 e. The van der Waals surface area contributed by atoms with Crippen molar-refractivity contribution in [2.45, 2.75) is 13.5 Å². The molecule has 5 heteroatoms. The molecule has 1 aromatic heterocycles. The highest BCUT2D eigenvalue weighted by atomic mass is 16.5. The van der Waals surface area contributed by atoms with Gasteiger partial charge in [-0.2, -0.15) is 5.26 Å². The number of allylic oxidation sites excluding steroid dienone is 1. The molecule has 0 aliphatic carbocycles. The van der Waals surface area contributed by atoms with Crippen molar-refractivity contribution in [2.24, 2.45) is 0 Å². The summed E-state index contributed by atoms with van der Waals surface area (Å²) in [5.74, 6) is -0.525. The van der Waals surface area contributed by atoms with Gasteiger partial charge in [0.05, 0.1) is 17.9 Å². The Morgan fingerprint density at radius 2 is 2.50 bits per heavy atom. The van der Waals surface area contributed by atoms with E-state index in [4.69, 9.17) is 15.7 Å². The zero-order valence-corrected chi connectivity index (χ0v) is 9.06. The largest absolute Gasteiger partial charge is 0.461 e. The number of nitrogens with zero attached hydrogens (tertiary/aromatic N) is 2. The van der Waals surface area contributed by atoms with Crippen molar-refractivity contribution in [3.8, 4) is 6.07 Å². The summed E-state index contributed by atoms with van der Waals surface area (Å²) in [7, 11) is 0. The third-order valence-corrected chi connectivity index (χ3v) is 2.03. The van der Waals surface area contributed by atoms with E-state index in [0.29, 0.717) is 6.54 Å². The number of nitriles is 1. The summed E-state index contributed by atoms with van der Waals surface area (Å²) in [5, 5.41) is 8.81. The molecule has 1 aromatic rings. The van der Waals surface area contributed by atoms with Crippen LogP contribution in [0.4, 0.5) is 5.69 Å². The van der Waals surface area contributed by atoms with Gasteiger partial charge in [-0.3, -0.25) is 0 Å². The lowest BCUT2D eigenvalue weighted by molar-refractivity contribution is 0.0516. The number of carbonyl (C=O) groups is 1. The van der Waals surface area contributed by atoms with Crippen LogP contribution in [0.3, 0.4) is 0 Å². The zero-order chi connectivity index (χ0) is 12.1. The zero-order valence-electron chi connectivity index (χ0n) is 9.06. The highest BCUT2D eigenvalue weighted by Gasteiger charge is 2.20. The summed E-state index contributed by atoms with van der Waals surface area (Å²) in [6, 6.07) is 1.92. The molecule has 16 heavy (non-hydrogen) atoms. The summed E-state index contributed by atoms with van der Waals surface area (Å²) in [4.78, 5) is 11.6. The van der Waals surface area contributed by atoms with Crippen molar-refractivity contribution in [1.29, 1.82) is 5.26 Å². The summed E-state index contributed by atoms with van der Waals surface area (Å²) >= 11 is 0. The maximum atomic E-state index is 11.6. The highest BCUT2D eigenvalue weighted by molar-refractivity contribution is 5.95. The van der Waals surface area contributed by atoms with Gasteiger partial charge in [0.15, 0.2) is 5.69 Å². The Bertz CT molecular complexity index is 455. The van der Waals surface area contributed by atoms with E-state index >= 15 is 0 Å². The molecular formula is C11H13N3O2. The van der Waals surface area contributed by atoms with E-state index in [1.165, 1.54) is 6.20 Å². The number of nitrogens with two attached hydrogens (primary N) is 1. The first-order valence-corrected chi connectivity index (χ1v) is 4.82. The van der Waals surface area contributed by atoms with Crippen molar-refractivity contribution in [1.82, 2.24) is 4.57 Å². The molecule has 0 saturated carbocycles. The molecule has 2 N–H and O–H groups in total. The third-order valence-electron chi connectivity index (χ3n) is 2.03. The van der Waals surface area contributed by atoms with Gasteiger partial charge in [0.25, 0.3) is 0 Å². The molecular weight excluding hydrogens is 206 g/mol. The minimum absolute atomic E-state index is 0.155. The standard InChI is InChI=1S/C11H13N3O2/c1-3-5-14-7-8(6-12)9(13)10(14)11(15)16-4-2/h3,7H,1,4-5,13H2,2H3. The Morgan fingerprint density at radius 1 is 1.81 bits per heavy atom. The van der Waals surface area contributed by atoms with Gasteiger partial charge in [0.1, 0.15) is 6.07 Å². The number of hydrogen-bond acceptors (Lipinski definition) is 4. The molecule has 0 aromatic carbocycles. The van der Waals surface area contributed by atoms with Gasteiger partial charge in [0.2, 0.25) is 0 Å². The number of anilines is 1. The maximum absolute atomic E-state index is 11.6. The number of esters is 1. The van der Waals surface area contributed by atoms with Gasteiger partial charge in [-0.25, -0.2) is 4.79 Å². The first-order chi connectivity index (χ1) is 7.65. The van der Waals surface area contributed by atoms with Crippen molar-refractivity contribution < 1.29 is 9.53 Å². The number of hydrogen-bond donors (Lipinski definition) is 1. The Balaban J connectivity index is 3.23. The van der Waals surface area contributed by atoms with E-state index in [0.717, 1.165) is 0 Å². The fraction of sp³-hybridized carbons (Fsp3) is 0.273. The Kier molecular flexibility index (Phi) is 3.72. The lowest BCUT2D eigenvalue weighted by Gasteiger charge is -2.06. The molecule has 1 heterocycles. The van der Waals surface area contributed by atoms with Crippen LogP contribution in [0.2, 0.25) is 0 Å². The quantitative estimate of drug-likeness (QED) is 0.611. The molecule has 0 aliphatic heterocycles. The Hall–Kier alpha value is -2.22. The number of rotatable bonds is 4. The van der Waals surface area contributed by atoms with Crippen LogP contribution in [0.5, 0.6) is 0 Å². The van der Waals surface area contributed by atoms with E-state index in [2.05, 4.69) is 6.58 Å². The molecule has 0 bridgehead atoms. The molecule has 0 saturated heterocycles. The minimum Gasteiger partial charge on any atom is -0.461 e. The van der Waals surface area contributed by atoms with Crippen LogP contribution < -0.4 is 5.73 Å². The van der Waals surface area contributed by atoms with Gasteiger partial charge in [-0.15, -0.1) is 6.58 Å². The van der Waals surface area contributed by atoms with Crippen molar-refractivity contribution >= 4 is 11.7 Å². The second kappa shape index (κ2) is 5.03. The van der Waals surface area contributed by atoms with Gasteiger partial charge in [-0.1, -0.05) is 6.08 Å². The van der Waals surface area contributed by atoms with Crippen LogP contribution in [-0.4, -0.2) is 17.1 Å². The summed E-state index contributed by atoms with van der Waals surface area (Å²) < 4.78 is 6.42. The van der Waals surface area contributed by atoms with Gasteiger partial charge < -0.3 is 15.0 Å². The van der Waals surface area contributed by atoms with E-state index in [1.807, 2.05) is 6.07 Å². The van der Waals surface area contributed by atoms with E-state index < -0.39 is 5.97 Å². The number of ether oxygens (including phenoxy) is 1. The summed E-state index contributed by atoms with van der Waals surface area (Å²) in [6.07, 6.45) is 3.13. The number of nitrogen functional groups attached to an aromatic ring is 1. The average molecular weight is 219 g/mol. The summed E-state index contributed by atoms with van der Waals surface area (Å²) in [6.45, 7) is 5.95. The van der Waals surface area contributed by atoms with Crippen LogP contribution in [0.25, 0.3) is 0 Å². The van der Waals surface area contributed by atoms with Crippen LogP contribution in [0.15, 0.2) is 18.9 Å². The predicted molar refractivity (Wildman–Crippen MR) is 59.7 cm³/mol. The SMILES string of the molecule is C=CCn1cc(C#N)c(N)c1C(=O)OCC. The van der Waals surface area contributed by atoms with Crippen LogP contribution in [-0.2, 0) is 11.3 Å². The van der Waals surface area contributed by atoms with Crippen molar-refractivity contribution in [3.63, 3.8) is 0 Å². The monoisotopic (exact) mass is 219 g/mol. The predicted octanol–water partition coefficient (Wildman–Crippen LogP) is 1.30. The lowest BCUT2D eigenvalue weighted by atomic mass is 10.3. The fourth-order valence-corrected chi connectivity index (χ4v) is 1.37. The third kappa shape index (κ3) is 2.06. The van der Waals surface area contributed by atoms with E-state index in [9.17, 15) is 4.79 Å². The normalized spacial score (nSPS) is 9.50. The van der Waals surface area contributed by atoms with Gasteiger partial charge in [0, 0.05) is 12.7 Å². The molecule has 0 unspecified atom stereocenters. The Labute approximate surface area is 93.7 Å². The summed E-state index contributed by atoms with van der Waals surface area (Å²) in [5.41, 5.74) is 6.33. The van der Waals surface area contributed by atoms with E-state index in [1.54, 1.807) is 17.6 Å². The van der Waals surface area contributed by atoms with Crippen LogP contribution in [0.1, 0.15) is 23.0 Å². The number of aromatic nitrogens is 1. The first-order valence-electron chi connectivity index (χ1n) is 4.82. The number of carbonyl (C=O) groups excluding carboxylic acids is 1. The molecule has 0 radical (unpaired) electrons. The topological polar surface area (TPSA) is 81.0 Å². The molecule has 84 valence electrons. The molecule has 0 atom stereocenters.